The van der Waals surface area contributed by atoms with Crippen molar-refractivity contribution in [1.82, 2.24) is 20.0 Å². The predicted octanol–water partition coefficient (Wildman–Crippen LogP) is 2.89. The Morgan fingerprint density at radius 3 is 2.64 bits per heavy atom. The summed E-state index contributed by atoms with van der Waals surface area (Å²) in [7, 11) is 1.85. The molecule has 1 fully saturated rings. The minimum atomic E-state index is 0.0598. The van der Waals surface area contributed by atoms with Gasteiger partial charge in [0.15, 0.2) is 0 Å². The van der Waals surface area contributed by atoms with Crippen molar-refractivity contribution < 1.29 is 4.79 Å². The number of aryl methyl sites for hydroxylation is 2. The first-order valence-corrected chi connectivity index (χ1v) is 9.15. The number of hydrogen-bond donors (Lipinski definition) is 1. The first-order valence-electron chi connectivity index (χ1n) is 9.15. The number of benzene rings is 1. The predicted molar refractivity (Wildman–Crippen MR) is 99.8 cm³/mol. The molecule has 1 aliphatic rings. The van der Waals surface area contributed by atoms with Gasteiger partial charge >= 0.3 is 0 Å². The largest absolute Gasteiger partial charge is 0.328 e. The Kier molecular flexibility index (Phi) is 5.23. The number of aromatic nitrogens is 2. The Labute approximate surface area is 150 Å². The second kappa shape index (κ2) is 7.40. The van der Waals surface area contributed by atoms with Crippen molar-refractivity contribution >= 4 is 5.91 Å². The van der Waals surface area contributed by atoms with E-state index >= 15 is 0 Å². The van der Waals surface area contributed by atoms with Crippen LogP contribution in [0, 0.1) is 0 Å². The molecule has 134 valence electrons. The minimum Gasteiger partial charge on any atom is -0.328 e. The molecule has 0 saturated carbocycles. The van der Waals surface area contributed by atoms with Crippen molar-refractivity contribution in [1.29, 1.82) is 0 Å². The van der Waals surface area contributed by atoms with Gasteiger partial charge in [0, 0.05) is 26.7 Å². The first kappa shape index (κ1) is 17.7. The molecule has 1 atom stereocenters. The molecule has 1 saturated heterocycles. The first-order chi connectivity index (χ1) is 12.0. The second-order valence-corrected chi connectivity index (χ2v) is 7.05. The van der Waals surface area contributed by atoms with Crippen LogP contribution in [0.1, 0.15) is 60.0 Å². The van der Waals surface area contributed by atoms with Crippen LogP contribution in [0.5, 0.6) is 0 Å². The molecule has 1 aliphatic heterocycles. The van der Waals surface area contributed by atoms with E-state index in [9.17, 15) is 4.79 Å². The maximum atomic E-state index is 13.2. The molecule has 3 rings (SSSR count). The molecule has 2 heterocycles. The van der Waals surface area contributed by atoms with Gasteiger partial charge in [-0.1, -0.05) is 45.0 Å². The molecule has 1 aromatic carbocycles. The number of amides is 1. The molecule has 2 aromatic rings. The smallest absolute Gasteiger partial charge is 0.272 e. The number of nitrogens with zero attached hydrogens (tertiary/aromatic N) is 3. The molecule has 25 heavy (non-hydrogen) atoms. The number of hydrogen-bond acceptors (Lipinski definition) is 3. The van der Waals surface area contributed by atoms with Gasteiger partial charge in [-0.3, -0.25) is 9.48 Å². The summed E-state index contributed by atoms with van der Waals surface area (Å²) in [5.74, 6) is 0.376. The lowest BCUT2D eigenvalue weighted by Gasteiger charge is -2.36. The van der Waals surface area contributed by atoms with E-state index in [0.717, 1.165) is 25.2 Å². The van der Waals surface area contributed by atoms with E-state index in [4.69, 9.17) is 0 Å². The number of piperazine rings is 1. The van der Waals surface area contributed by atoms with E-state index < -0.39 is 0 Å². The van der Waals surface area contributed by atoms with Gasteiger partial charge in [0.1, 0.15) is 5.69 Å². The van der Waals surface area contributed by atoms with Gasteiger partial charge in [0.2, 0.25) is 0 Å². The highest BCUT2D eigenvalue weighted by Gasteiger charge is 2.30. The van der Waals surface area contributed by atoms with Gasteiger partial charge in [-0.05, 0) is 29.5 Å². The number of nitrogens with one attached hydrogen (secondary N) is 1. The lowest BCUT2D eigenvalue weighted by Crippen LogP contribution is -2.49. The SMILES string of the molecule is CCc1ccc(C2CNCCN2C(=O)c2cc(C(C)C)nn2C)cc1. The molecule has 0 aliphatic carbocycles. The fourth-order valence-corrected chi connectivity index (χ4v) is 3.34. The van der Waals surface area contributed by atoms with Crippen LogP contribution in [0.25, 0.3) is 0 Å². The van der Waals surface area contributed by atoms with E-state index in [-0.39, 0.29) is 11.9 Å². The summed E-state index contributed by atoms with van der Waals surface area (Å²) in [6, 6.07) is 10.6. The van der Waals surface area contributed by atoms with Crippen molar-refractivity contribution in [2.24, 2.45) is 7.05 Å². The lowest BCUT2D eigenvalue weighted by molar-refractivity contribution is 0.0623. The highest BCUT2D eigenvalue weighted by atomic mass is 16.2. The van der Waals surface area contributed by atoms with Crippen molar-refractivity contribution in [2.45, 2.75) is 39.2 Å². The van der Waals surface area contributed by atoms with Crippen LogP contribution < -0.4 is 5.32 Å². The fraction of sp³-hybridized carbons (Fsp3) is 0.500. The molecule has 1 aromatic heterocycles. The summed E-state index contributed by atoms with van der Waals surface area (Å²) in [5.41, 5.74) is 4.13. The zero-order valence-corrected chi connectivity index (χ0v) is 15.6. The van der Waals surface area contributed by atoms with E-state index in [1.54, 1.807) is 4.68 Å². The minimum absolute atomic E-state index is 0.0598. The summed E-state index contributed by atoms with van der Waals surface area (Å²) in [6.07, 6.45) is 1.03. The summed E-state index contributed by atoms with van der Waals surface area (Å²) in [6.45, 7) is 8.66. The molecule has 1 unspecified atom stereocenters. The van der Waals surface area contributed by atoms with Crippen molar-refractivity contribution in [3.63, 3.8) is 0 Å². The molecule has 0 radical (unpaired) electrons. The summed E-state index contributed by atoms with van der Waals surface area (Å²) in [5, 5.41) is 7.92. The maximum Gasteiger partial charge on any atom is 0.272 e. The number of carbonyl (C=O) groups excluding carboxylic acids is 1. The van der Waals surface area contributed by atoms with Crippen molar-refractivity contribution in [3.05, 3.63) is 52.8 Å². The standard InChI is InChI=1S/C20H28N4O/c1-5-15-6-8-16(9-7-15)19-13-21-10-11-24(19)20(25)18-12-17(14(2)3)22-23(18)4/h6-9,12,14,19,21H,5,10-11,13H2,1-4H3. The third kappa shape index (κ3) is 3.61. The van der Waals surface area contributed by atoms with E-state index in [1.165, 1.54) is 11.1 Å². The molecule has 0 spiro atoms. The highest BCUT2D eigenvalue weighted by Crippen LogP contribution is 2.25. The third-order valence-corrected chi connectivity index (χ3v) is 4.99. The normalized spacial score (nSPS) is 18.0. The van der Waals surface area contributed by atoms with Gasteiger partial charge in [-0.2, -0.15) is 5.10 Å². The van der Waals surface area contributed by atoms with Crippen LogP contribution in [0.15, 0.2) is 30.3 Å². The molecule has 1 amide bonds. The molecule has 5 nitrogen and oxygen atoms in total. The Balaban J connectivity index is 1.88. The van der Waals surface area contributed by atoms with Crippen LogP contribution in [0.2, 0.25) is 0 Å². The third-order valence-electron chi connectivity index (χ3n) is 4.99. The number of carbonyl (C=O) groups is 1. The molecular formula is C20H28N4O. The maximum absolute atomic E-state index is 13.2. The highest BCUT2D eigenvalue weighted by molar-refractivity contribution is 5.93. The van der Waals surface area contributed by atoms with Gasteiger partial charge in [-0.25, -0.2) is 0 Å². The van der Waals surface area contributed by atoms with Crippen LogP contribution >= 0.6 is 0 Å². The zero-order valence-electron chi connectivity index (χ0n) is 15.6. The van der Waals surface area contributed by atoms with E-state index in [2.05, 4.69) is 55.5 Å². The molecule has 1 N–H and O–H groups in total. The molecule has 0 bridgehead atoms. The Bertz CT molecular complexity index is 733. The average molecular weight is 340 g/mol. The van der Waals surface area contributed by atoms with Gasteiger partial charge < -0.3 is 10.2 Å². The molecular weight excluding hydrogens is 312 g/mol. The summed E-state index contributed by atoms with van der Waals surface area (Å²) in [4.78, 5) is 15.2. The zero-order chi connectivity index (χ0) is 18.0. The van der Waals surface area contributed by atoms with Gasteiger partial charge in [0.05, 0.1) is 11.7 Å². The summed E-state index contributed by atoms with van der Waals surface area (Å²) < 4.78 is 1.72. The Hall–Kier alpha value is -2.14. The molecule has 5 heteroatoms. The van der Waals surface area contributed by atoms with Crippen LogP contribution in [0.3, 0.4) is 0 Å². The van der Waals surface area contributed by atoms with E-state index in [0.29, 0.717) is 18.2 Å². The fourth-order valence-electron chi connectivity index (χ4n) is 3.34. The second-order valence-electron chi connectivity index (χ2n) is 7.05. The van der Waals surface area contributed by atoms with Crippen LogP contribution in [-0.2, 0) is 13.5 Å². The topological polar surface area (TPSA) is 50.2 Å². The summed E-state index contributed by atoms with van der Waals surface area (Å²) >= 11 is 0. The monoisotopic (exact) mass is 340 g/mol. The van der Waals surface area contributed by atoms with Crippen LogP contribution in [0.4, 0.5) is 0 Å². The average Bonchev–Trinajstić information content (AvgIpc) is 3.03. The van der Waals surface area contributed by atoms with Gasteiger partial charge in [0.25, 0.3) is 5.91 Å². The Morgan fingerprint density at radius 2 is 2.04 bits per heavy atom. The van der Waals surface area contributed by atoms with E-state index in [1.807, 2.05) is 18.0 Å². The van der Waals surface area contributed by atoms with Crippen molar-refractivity contribution in [3.8, 4) is 0 Å². The number of rotatable bonds is 4. The van der Waals surface area contributed by atoms with Crippen LogP contribution in [-0.4, -0.2) is 40.2 Å². The Morgan fingerprint density at radius 1 is 1.32 bits per heavy atom. The quantitative estimate of drug-likeness (QED) is 0.931. The van der Waals surface area contributed by atoms with Gasteiger partial charge in [-0.15, -0.1) is 0 Å². The van der Waals surface area contributed by atoms with Crippen molar-refractivity contribution in [2.75, 3.05) is 19.6 Å². The lowest BCUT2D eigenvalue weighted by atomic mass is 10.0.